The molecule has 8 heteroatoms. The highest BCUT2D eigenvalue weighted by Crippen LogP contribution is 2.22. The highest BCUT2D eigenvalue weighted by Gasteiger charge is 2.32. The summed E-state index contributed by atoms with van der Waals surface area (Å²) in [7, 11) is 0. The summed E-state index contributed by atoms with van der Waals surface area (Å²) < 4.78 is 10.9. The van der Waals surface area contributed by atoms with E-state index in [4.69, 9.17) is 9.47 Å². The molecule has 0 N–H and O–H groups in total. The second-order valence-corrected chi connectivity index (χ2v) is 6.39. The summed E-state index contributed by atoms with van der Waals surface area (Å²) >= 11 is 0. The van der Waals surface area contributed by atoms with Crippen molar-refractivity contribution in [2.75, 3.05) is 13.2 Å². The van der Waals surface area contributed by atoms with E-state index in [-0.39, 0.29) is 24.4 Å². The van der Waals surface area contributed by atoms with Gasteiger partial charge in [-0.1, -0.05) is 0 Å². The van der Waals surface area contributed by atoms with Crippen LogP contribution in [0, 0.1) is 10.1 Å². The lowest BCUT2D eigenvalue weighted by Gasteiger charge is -2.28. The molecule has 1 saturated heterocycles. The molecule has 1 amide bonds. The molecule has 0 unspecified atom stereocenters. The molecule has 1 aromatic rings. The van der Waals surface area contributed by atoms with Gasteiger partial charge in [-0.3, -0.25) is 10.1 Å². The van der Waals surface area contributed by atoms with Gasteiger partial charge in [0.15, 0.2) is 0 Å². The van der Waals surface area contributed by atoms with Crippen molar-refractivity contribution >= 4 is 11.8 Å². The molecular formula is C15H21N3O5. The largest absolute Gasteiger partial charge is 0.475 e. The van der Waals surface area contributed by atoms with Crippen molar-refractivity contribution in [3.8, 4) is 5.88 Å². The third kappa shape index (κ3) is 4.80. The number of hydrogen-bond acceptors (Lipinski definition) is 6. The third-order valence-electron chi connectivity index (χ3n) is 3.36. The van der Waals surface area contributed by atoms with Crippen molar-refractivity contribution in [2.45, 2.75) is 45.3 Å². The second-order valence-electron chi connectivity index (χ2n) is 6.39. The first-order valence-electron chi connectivity index (χ1n) is 7.49. The Bertz CT molecular complexity index is 567. The van der Waals surface area contributed by atoms with E-state index in [1.54, 1.807) is 4.90 Å². The third-order valence-corrected chi connectivity index (χ3v) is 3.36. The Hall–Kier alpha value is -2.38. The van der Waals surface area contributed by atoms with E-state index in [2.05, 4.69) is 4.98 Å². The number of hydrogen-bond donors (Lipinski definition) is 0. The lowest BCUT2D eigenvalue weighted by Crippen LogP contribution is -2.42. The Morgan fingerprint density at radius 3 is 2.78 bits per heavy atom. The zero-order chi connectivity index (χ0) is 17.0. The van der Waals surface area contributed by atoms with Crippen molar-refractivity contribution in [1.82, 2.24) is 9.88 Å². The maximum absolute atomic E-state index is 12.2. The van der Waals surface area contributed by atoms with Crippen LogP contribution in [0.15, 0.2) is 18.3 Å². The molecular weight excluding hydrogens is 302 g/mol. The van der Waals surface area contributed by atoms with Crippen LogP contribution in [0.1, 0.15) is 33.6 Å². The molecule has 1 aliphatic rings. The predicted octanol–water partition coefficient (Wildman–Crippen LogP) is 2.77. The fraction of sp³-hybridized carbons (Fsp3) is 0.600. The zero-order valence-corrected chi connectivity index (χ0v) is 13.5. The minimum Gasteiger partial charge on any atom is -0.475 e. The van der Waals surface area contributed by atoms with Gasteiger partial charge in [0.05, 0.1) is 11.0 Å². The summed E-state index contributed by atoms with van der Waals surface area (Å²) in [5.74, 6) is 0.298. The quantitative estimate of drug-likeness (QED) is 0.624. The van der Waals surface area contributed by atoms with Crippen LogP contribution in [-0.2, 0) is 4.74 Å². The first-order chi connectivity index (χ1) is 10.8. The molecule has 126 valence electrons. The van der Waals surface area contributed by atoms with E-state index >= 15 is 0 Å². The van der Waals surface area contributed by atoms with Crippen molar-refractivity contribution in [1.29, 1.82) is 0 Å². The van der Waals surface area contributed by atoms with E-state index in [1.165, 1.54) is 12.1 Å². The van der Waals surface area contributed by atoms with Gasteiger partial charge in [-0.05, 0) is 33.6 Å². The average Bonchev–Trinajstić information content (AvgIpc) is 2.92. The SMILES string of the molecule is CC(C)(C)OC(=O)N1CCC[C@H]1COc1ccc([N+](=O)[O-])cn1. The molecule has 0 radical (unpaired) electrons. The predicted molar refractivity (Wildman–Crippen MR) is 82.3 cm³/mol. The van der Waals surface area contributed by atoms with Gasteiger partial charge >= 0.3 is 6.09 Å². The monoisotopic (exact) mass is 323 g/mol. The molecule has 0 aromatic carbocycles. The molecule has 1 atom stereocenters. The second kappa shape index (κ2) is 6.80. The van der Waals surface area contributed by atoms with Crippen molar-refractivity contribution < 1.29 is 19.2 Å². The normalized spacial score (nSPS) is 17.9. The van der Waals surface area contributed by atoms with Gasteiger partial charge in [-0.25, -0.2) is 9.78 Å². The van der Waals surface area contributed by atoms with Crippen LogP contribution < -0.4 is 4.74 Å². The number of carbonyl (C=O) groups excluding carboxylic acids is 1. The maximum atomic E-state index is 12.2. The number of nitrogens with zero attached hydrogens (tertiary/aromatic N) is 3. The zero-order valence-electron chi connectivity index (χ0n) is 13.5. The van der Waals surface area contributed by atoms with Gasteiger partial charge in [0.1, 0.15) is 18.4 Å². The number of amides is 1. The number of aromatic nitrogens is 1. The molecule has 23 heavy (non-hydrogen) atoms. The number of likely N-dealkylation sites (tertiary alicyclic amines) is 1. The van der Waals surface area contributed by atoms with E-state index in [0.717, 1.165) is 19.0 Å². The lowest BCUT2D eigenvalue weighted by atomic mass is 10.2. The average molecular weight is 323 g/mol. The van der Waals surface area contributed by atoms with Crippen LogP contribution in [0.25, 0.3) is 0 Å². The van der Waals surface area contributed by atoms with Gasteiger partial charge in [0.2, 0.25) is 5.88 Å². The molecule has 0 spiro atoms. The van der Waals surface area contributed by atoms with Crippen molar-refractivity contribution in [2.24, 2.45) is 0 Å². The van der Waals surface area contributed by atoms with E-state index in [1.807, 2.05) is 20.8 Å². The summed E-state index contributed by atoms with van der Waals surface area (Å²) in [6, 6.07) is 2.70. The summed E-state index contributed by atoms with van der Waals surface area (Å²) in [4.78, 5) is 27.8. The van der Waals surface area contributed by atoms with Crippen molar-refractivity contribution in [3.63, 3.8) is 0 Å². The van der Waals surface area contributed by atoms with Crippen LogP contribution in [0.5, 0.6) is 5.88 Å². The summed E-state index contributed by atoms with van der Waals surface area (Å²) in [5.41, 5.74) is -0.626. The maximum Gasteiger partial charge on any atom is 0.410 e. The fourth-order valence-electron chi connectivity index (χ4n) is 2.32. The Balaban J connectivity index is 1.91. The van der Waals surface area contributed by atoms with E-state index < -0.39 is 10.5 Å². The van der Waals surface area contributed by atoms with Gasteiger partial charge in [0.25, 0.3) is 5.69 Å². The molecule has 1 aliphatic heterocycles. The Morgan fingerprint density at radius 2 is 2.22 bits per heavy atom. The first-order valence-corrected chi connectivity index (χ1v) is 7.49. The number of rotatable bonds is 4. The van der Waals surface area contributed by atoms with Gasteiger partial charge < -0.3 is 14.4 Å². The summed E-state index contributed by atoms with van der Waals surface area (Å²) in [6.07, 6.45) is 2.52. The number of pyridine rings is 1. The molecule has 0 aliphatic carbocycles. The molecule has 2 rings (SSSR count). The van der Waals surface area contributed by atoms with Gasteiger partial charge in [-0.15, -0.1) is 0 Å². The minimum absolute atomic E-state index is 0.0816. The standard InChI is InChI=1S/C15H21N3O5/c1-15(2,3)23-14(19)17-8-4-5-12(17)10-22-13-7-6-11(9-16-13)18(20)21/h6-7,9,12H,4-5,8,10H2,1-3H3/t12-/m0/s1. The molecule has 8 nitrogen and oxygen atoms in total. The molecule has 2 heterocycles. The van der Waals surface area contributed by atoms with Gasteiger partial charge in [0, 0.05) is 18.7 Å². The Kier molecular flexibility index (Phi) is 5.02. The van der Waals surface area contributed by atoms with E-state index in [0.29, 0.717) is 12.4 Å². The van der Waals surface area contributed by atoms with Crippen LogP contribution in [-0.4, -0.2) is 45.7 Å². The molecule has 1 fully saturated rings. The van der Waals surface area contributed by atoms with Crippen LogP contribution >= 0.6 is 0 Å². The smallest absolute Gasteiger partial charge is 0.410 e. The van der Waals surface area contributed by atoms with Crippen LogP contribution in [0.3, 0.4) is 0 Å². The minimum atomic E-state index is -0.537. The highest BCUT2D eigenvalue weighted by atomic mass is 16.6. The van der Waals surface area contributed by atoms with E-state index in [9.17, 15) is 14.9 Å². The Labute approximate surface area is 134 Å². The fourth-order valence-corrected chi connectivity index (χ4v) is 2.32. The van der Waals surface area contributed by atoms with Crippen molar-refractivity contribution in [3.05, 3.63) is 28.4 Å². The van der Waals surface area contributed by atoms with Crippen LogP contribution in [0.4, 0.5) is 10.5 Å². The summed E-state index contributed by atoms with van der Waals surface area (Å²) in [5, 5.41) is 10.6. The number of ether oxygens (including phenoxy) is 2. The molecule has 1 aromatic heterocycles. The van der Waals surface area contributed by atoms with Gasteiger partial charge in [-0.2, -0.15) is 0 Å². The lowest BCUT2D eigenvalue weighted by molar-refractivity contribution is -0.385. The molecule has 0 bridgehead atoms. The highest BCUT2D eigenvalue weighted by molar-refractivity contribution is 5.69. The number of nitro groups is 1. The number of carbonyl (C=O) groups is 1. The Morgan fingerprint density at radius 1 is 1.48 bits per heavy atom. The topological polar surface area (TPSA) is 94.8 Å². The first kappa shape index (κ1) is 17.0. The summed E-state index contributed by atoms with van der Waals surface area (Å²) in [6.45, 7) is 6.40. The van der Waals surface area contributed by atoms with Crippen LogP contribution in [0.2, 0.25) is 0 Å². The molecule has 0 saturated carbocycles.